The van der Waals surface area contributed by atoms with Crippen LogP contribution < -0.4 is 15.6 Å². The Kier molecular flexibility index (Phi) is 7.09. The molecular formula is C27H28ClN3O3. The maximum absolute atomic E-state index is 12.8. The first-order chi connectivity index (χ1) is 16.6. The second-order valence-corrected chi connectivity index (χ2v) is 9.20. The molecule has 7 heteroatoms. The van der Waals surface area contributed by atoms with E-state index in [1.807, 2.05) is 6.07 Å². The van der Waals surface area contributed by atoms with Gasteiger partial charge in [-0.15, -0.1) is 0 Å². The van der Waals surface area contributed by atoms with Crippen LogP contribution >= 0.6 is 11.6 Å². The maximum Gasteiger partial charge on any atom is 0.258 e. The number of nitrogens with one attached hydrogen (secondary N) is 1. The van der Waals surface area contributed by atoms with Crippen LogP contribution in [-0.4, -0.2) is 28.8 Å². The molecule has 1 saturated heterocycles. The third-order valence-corrected chi connectivity index (χ3v) is 6.60. The molecule has 1 aliphatic carbocycles. The fraction of sp³-hybridized carbons (Fsp3) is 0.333. The van der Waals surface area contributed by atoms with Gasteiger partial charge in [-0.3, -0.25) is 14.3 Å². The molecule has 0 spiro atoms. The van der Waals surface area contributed by atoms with Crippen LogP contribution in [-0.2, 0) is 24.3 Å². The number of aryl methyl sites for hydroxylation is 1. The van der Waals surface area contributed by atoms with Gasteiger partial charge < -0.3 is 14.8 Å². The fourth-order valence-electron chi connectivity index (χ4n) is 4.43. The highest BCUT2D eigenvalue weighted by molar-refractivity contribution is 6.30. The summed E-state index contributed by atoms with van der Waals surface area (Å²) in [4.78, 5) is 17.0. The second-order valence-electron chi connectivity index (χ2n) is 8.76. The minimum Gasteiger partial charge on any atom is -0.487 e. The predicted octanol–water partition coefficient (Wildman–Crippen LogP) is 4.69. The molecule has 34 heavy (non-hydrogen) atoms. The Hall–Kier alpha value is -2.93. The van der Waals surface area contributed by atoms with Crippen LogP contribution in [0.4, 0.5) is 0 Å². The van der Waals surface area contributed by atoms with Crippen molar-refractivity contribution in [3.8, 4) is 5.75 Å². The maximum atomic E-state index is 12.8. The van der Waals surface area contributed by atoms with E-state index in [0.717, 1.165) is 56.8 Å². The lowest BCUT2D eigenvalue weighted by Crippen LogP contribution is -2.34. The zero-order valence-corrected chi connectivity index (χ0v) is 19.8. The number of nitrogens with zero attached hydrogens (tertiary/aromatic N) is 2. The van der Waals surface area contributed by atoms with Crippen LogP contribution in [0.3, 0.4) is 0 Å². The zero-order valence-electron chi connectivity index (χ0n) is 19.0. The van der Waals surface area contributed by atoms with Gasteiger partial charge in [-0.25, -0.2) is 0 Å². The highest BCUT2D eigenvalue weighted by Gasteiger charge is 2.16. The lowest BCUT2D eigenvalue weighted by molar-refractivity contribution is 0.0776. The second kappa shape index (κ2) is 10.6. The van der Waals surface area contributed by atoms with Gasteiger partial charge in [0.1, 0.15) is 12.4 Å². The summed E-state index contributed by atoms with van der Waals surface area (Å²) >= 11 is 5.86. The molecule has 5 rings (SSSR count). The number of rotatable bonds is 7. The van der Waals surface area contributed by atoms with E-state index >= 15 is 0 Å². The summed E-state index contributed by atoms with van der Waals surface area (Å²) < 4.78 is 12.9. The van der Waals surface area contributed by atoms with Crippen LogP contribution in [0.1, 0.15) is 41.6 Å². The minimum atomic E-state index is -0.103. The van der Waals surface area contributed by atoms with Gasteiger partial charge in [0.25, 0.3) is 5.56 Å². The Bertz CT molecular complexity index is 1230. The first kappa shape index (κ1) is 22.8. The van der Waals surface area contributed by atoms with E-state index in [0.29, 0.717) is 16.8 Å². The van der Waals surface area contributed by atoms with Crippen molar-refractivity contribution in [2.24, 2.45) is 0 Å². The average Bonchev–Trinajstić information content (AvgIpc) is 2.87. The van der Waals surface area contributed by atoms with Gasteiger partial charge in [-0.05, 0) is 66.6 Å². The van der Waals surface area contributed by atoms with Crippen LogP contribution in [0.5, 0.6) is 5.75 Å². The third-order valence-electron chi connectivity index (χ3n) is 6.37. The van der Waals surface area contributed by atoms with Crippen molar-refractivity contribution < 1.29 is 9.47 Å². The van der Waals surface area contributed by atoms with E-state index < -0.39 is 0 Å². The summed E-state index contributed by atoms with van der Waals surface area (Å²) in [6, 6.07) is 14.1. The molecular weight excluding hydrogens is 450 g/mol. The van der Waals surface area contributed by atoms with E-state index in [1.54, 1.807) is 29.1 Å². The molecule has 0 bridgehead atoms. The lowest BCUT2D eigenvalue weighted by Gasteiger charge is -2.24. The van der Waals surface area contributed by atoms with Crippen molar-refractivity contribution in [3.63, 3.8) is 0 Å². The first-order valence-corrected chi connectivity index (χ1v) is 12.1. The molecule has 1 N–H and O–H groups in total. The normalized spacial score (nSPS) is 16.1. The standard InChI is InChI=1S/C27H28ClN3O3/c28-22-4-5-24(30-17-22)18-34-26-7-10-31(27(32)15-26)25-6-3-20-13-19(1-2-21(20)14-25)16-29-23-8-11-33-12-9-23/h1-2,4-5,7,10,13-15,17,23,29H,3,6,8-9,11-12,16,18H2. The van der Waals surface area contributed by atoms with Crippen molar-refractivity contribution in [2.75, 3.05) is 13.2 Å². The smallest absolute Gasteiger partial charge is 0.258 e. The Morgan fingerprint density at radius 3 is 2.79 bits per heavy atom. The Balaban J connectivity index is 1.24. The van der Waals surface area contributed by atoms with Crippen molar-refractivity contribution in [2.45, 2.75) is 44.9 Å². The van der Waals surface area contributed by atoms with Crippen molar-refractivity contribution >= 4 is 23.4 Å². The number of ether oxygens (including phenoxy) is 2. The lowest BCUT2D eigenvalue weighted by atomic mass is 9.93. The molecule has 2 aliphatic rings. The number of pyridine rings is 2. The summed E-state index contributed by atoms with van der Waals surface area (Å²) in [5.41, 5.74) is 5.46. The Morgan fingerprint density at radius 1 is 1.12 bits per heavy atom. The number of fused-ring (bicyclic) bond motifs is 1. The highest BCUT2D eigenvalue weighted by Crippen LogP contribution is 2.27. The van der Waals surface area contributed by atoms with Gasteiger partial charge in [0.05, 0.1) is 10.7 Å². The van der Waals surface area contributed by atoms with Gasteiger partial charge in [0.15, 0.2) is 0 Å². The topological polar surface area (TPSA) is 65.4 Å². The molecule has 0 radical (unpaired) electrons. The highest BCUT2D eigenvalue weighted by atomic mass is 35.5. The largest absolute Gasteiger partial charge is 0.487 e. The summed E-state index contributed by atoms with van der Waals surface area (Å²) in [5.74, 6) is 0.525. The van der Waals surface area contributed by atoms with E-state index in [1.165, 1.54) is 22.8 Å². The molecule has 6 nitrogen and oxygen atoms in total. The Morgan fingerprint density at radius 2 is 2.00 bits per heavy atom. The van der Waals surface area contributed by atoms with Gasteiger partial charge >= 0.3 is 0 Å². The van der Waals surface area contributed by atoms with Crippen LogP contribution in [0.25, 0.3) is 11.8 Å². The zero-order chi connectivity index (χ0) is 23.3. The molecule has 176 valence electrons. The van der Waals surface area contributed by atoms with Crippen LogP contribution in [0.2, 0.25) is 5.02 Å². The molecule has 0 unspecified atom stereocenters. The summed E-state index contributed by atoms with van der Waals surface area (Å²) in [5, 5.41) is 4.23. The van der Waals surface area contributed by atoms with Crippen molar-refractivity contribution in [1.29, 1.82) is 0 Å². The molecule has 1 fully saturated rings. The third kappa shape index (κ3) is 5.58. The van der Waals surface area contributed by atoms with E-state index in [-0.39, 0.29) is 12.2 Å². The number of halogens is 1. The summed E-state index contributed by atoms with van der Waals surface area (Å²) in [6.07, 6.45) is 9.38. The number of aromatic nitrogens is 2. The van der Waals surface area contributed by atoms with Crippen LogP contribution in [0, 0.1) is 0 Å². The number of allylic oxidation sites excluding steroid dienone is 1. The quantitative estimate of drug-likeness (QED) is 0.535. The van der Waals surface area contributed by atoms with Crippen LogP contribution in [0.15, 0.2) is 59.7 Å². The SMILES string of the molecule is O=c1cc(OCc2ccc(Cl)cn2)ccn1C1=Cc2ccc(CNC3CCOCC3)cc2CC1. The molecule has 1 aromatic carbocycles. The molecule has 2 aromatic heterocycles. The van der Waals surface area contributed by atoms with E-state index in [9.17, 15) is 4.79 Å². The fourth-order valence-corrected chi connectivity index (χ4v) is 4.54. The number of hydrogen-bond donors (Lipinski definition) is 1. The number of benzene rings is 1. The summed E-state index contributed by atoms with van der Waals surface area (Å²) in [7, 11) is 0. The van der Waals surface area contributed by atoms with E-state index in [4.69, 9.17) is 21.1 Å². The molecule has 0 saturated carbocycles. The number of hydrogen-bond acceptors (Lipinski definition) is 5. The monoisotopic (exact) mass is 477 g/mol. The molecule has 1 aliphatic heterocycles. The average molecular weight is 478 g/mol. The van der Waals surface area contributed by atoms with Gasteiger partial charge in [-0.1, -0.05) is 29.8 Å². The van der Waals surface area contributed by atoms with Crippen molar-refractivity contribution in [1.82, 2.24) is 14.9 Å². The molecule has 0 amide bonds. The summed E-state index contributed by atoms with van der Waals surface area (Å²) in [6.45, 7) is 2.85. The predicted molar refractivity (Wildman–Crippen MR) is 134 cm³/mol. The van der Waals surface area contributed by atoms with Gasteiger partial charge in [0, 0.05) is 50.0 Å². The first-order valence-electron chi connectivity index (χ1n) is 11.7. The minimum absolute atomic E-state index is 0.103. The molecule has 0 atom stereocenters. The van der Waals surface area contributed by atoms with Crippen molar-refractivity contribution in [3.05, 3.63) is 92.6 Å². The molecule has 3 aromatic rings. The van der Waals surface area contributed by atoms with Gasteiger partial charge in [0.2, 0.25) is 0 Å². The molecule has 3 heterocycles. The van der Waals surface area contributed by atoms with Gasteiger partial charge in [-0.2, -0.15) is 0 Å². The van der Waals surface area contributed by atoms with E-state index in [2.05, 4.69) is 34.6 Å². The Labute approximate surface area is 204 Å².